The molecule has 1 aliphatic rings. The SMILES string of the molecule is ON1OCCc2cc(Oc3ccccc3)ccc21.[B]. The number of anilines is 1. The van der Waals surface area contributed by atoms with Crippen molar-refractivity contribution in [2.75, 3.05) is 11.8 Å². The predicted octanol–water partition coefficient (Wildman–Crippen LogP) is 2.78. The van der Waals surface area contributed by atoms with Crippen molar-refractivity contribution in [3.05, 3.63) is 54.1 Å². The van der Waals surface area contributed by atoms with Crippen LogP contribution in [0.5, 0.6) is 11.5 Å². The van der Waals surface area contributed by atoms with Gasteiger partial charge in [-0.2, -0.15) is 0 Å². The lowest BCUT2D eigenvalue weighted by molar-refractivity contribution is -0.0473. The summed E-state index contributed by atoms with van der Waals surface area (Å²) >= 11 is 0. The molecule has 1 N–H and O–H groups in total. The zero-order valence-electron chi connectivity index (χ0n) is 10.3. The molecule has 5 heteroatoms. The van der Waals surface area contributed by atoms with E-state index >= 15 is 0 Å². The minimum Gasteiger partial charge on any atom is -0.457 e. The van der Waals surface area contributed by atoms with Crippen LogP contribution in [0.4, 0.5) is 5.69 Å². The van der Waals surface area contributed by atoms with E-state index < -0.39 is 0 Å². The van der Waals surface area contributed by atoms with E-state index in [-0.39, 0.29) is 8.41 Å². The van der Waals surface area contributed by atoms with Crippen LogP contribution in [0.3, 0.4) is 0 Å². The standard InChI is InChI=1S/C14H13NO3.B/c16-15-14-7-6-13(10-11(14)8-9-17-15)18-12-4-2-1-3-5-12;/h1-7,10,16H,8-9H2;. The molecule has 0 bridgehead atoms. The van der Waals surface area contributed by atoms with Gasteiger partial charge >= 0.3 is 0 Å². The number of benzene rings is 2. The van der Waals surface area contributed by atoms with Gasteiger partial charge in [-0.15, -0.1) is 5.23 Å². The lowest BCUT2D eigenvalue weighted by Gasteiger charge is -2.24. The van der Waals surface area contributed by atoms with Gasteiger partial charge in [0, 0.05) is 14.8 Å². The Labute approximate surface area is 113 Å². The molecule has 0 spiro atoms. The Balaban J connectivity index is 0.00000133. The molecule has 0 unspecified atom stereocenters. The Morgan fingerprint density at radius 1 is 1.05 bits per heavy atom. The van der Waals surface area contributed by atoms with Crippen LogP contribution in [0.2, 0.25) is 0 Å². The molecule has 3 radical (unpaired) electrons. The Morgan fingerprint density at radius 3 is 2.63 bits per heavy atom. The summed E-state index contributed by atoms with van der Waals surface area (Å²) < 4.78 is 5.74. The van der Waals surface area contributed by atoms with Crippen molar-refractivity contribution in [1.82, 2.24) is 0 Å². The zero-order chi connectivity index (χ0) is 12.4. The van der Waals surface area contributed by atoms with Gasteiger partial charge in [-0.1, -0.05) is 18.2 Å². The molecule has 1 heterocycles. The van der Waals surface area contributed by atoms with Crippen molar-refractivity contribution in [1.29, 1.82) is 0 Å². The highest BCUT2D eigenvalue weighted by atomic mass is 16.9. The van der Waals surface area contributed by atoms with Crippen molar-refractivity contribution in [3.63, 3.8) is 0 Å². The van der Waals surface area contributed by atoms with Crippen LogP contribution < -0.4 is 9.96 Å². The van der Waals surface area contributed by atoms with E-state index in [9.17, 15) is 5.21 Å². The summed E-state index contributed by atoms with van der Waals surface area (Å²) in [5.74, 6) is 1.56. The van der Waals surface area contributed by atoms with E-state index in [1.807, 2.05) is 42.5 Å². The summed E-state index contributed by atoms with van der Waals surface area (Å²) in [5, 5.41) is 10.3. The first kappa shape index (κ1) is 13.5. The molecule has 0 aromatic heterocycles. The molecule has 3 rings (SSSR count). The molecule has 0 saturated heterocycles. The summed E-state index contributed by atoms with van der Waals surface area (Å²) in [6.07, 6.45) is 0.762. The summed E-state index contributed by atoms with van der Waals surface area (Å²) in [6.45, 7) is 0.471. The molecule has 2 aromatic carbocycles. The first-order valence-corrected chi connectivity index (χ1v) is 5.81. The summed E-state index contributed by atoms with van der Waals surface area (Å²) in [7, 11) is 0. The van der Waals surface area contributed by atoms with Crippen LogP contribution in [-0.4, -0.2) is 20.2 Å². The maximum absolute atomic E-state index is 9.51. The molecule has 4 nitrogen and oxygen atoms in total. The van der Waals surface area contributed by atoms with E-state index in [4.69, 9.17) is 9.57 Å². The minimum absolute atomic E-state index is 0. The van der Waals surface area contributed by atoms with Crippen LogP contribution >= 0.6 is 0 Å². The number of hydrogen-bond acceptors (Lipinski definition) is 4. The summed E-state index contributed by atoms with van der Waals surface area (Å²) in [5.41, 5.74) is 1.68. The van der Waals surface area contributed by atoms with Gasteiger partial charge in [0.15, 0.2) is 0 Å². The molecule has 2 aromatic rings. The van der Waals surface area contributed by atoms with Gasteiger partial charge in [0.05, 0.1) is 12.3 Å². The van der Waals surface area contributed by atoms with Gasteiger partial charge in [0.25, 0.3) is 0 Å². The maximum Gasteiger partial charge on any atom is 0.127 e. The van der Waals surface area contributed by atoms with Crippen LogP contribution in [0, 0.1) is 0 Å². The van der Waals surface area contributed by atoms with E-state index in [0.717, 1.165) is 28.7 Å². The Kier molecular flexibility index (Phi) is 4.09. The first-order valence-electron chi connectivity index (χ1n) is 5.81. The van der Waals surface area contributed by atoms with E-state index in [2.05, 4.69) is 0 Å². The second kappa shape index (κ2) is 5.78. The van der Waals surface area contributed by atoms with Gasteiger partial charge in [-0.05, 0) is 35.9 Å². The van der Waals surface area contributed by atoms with Crippen LogP contribution in [-0.2, 0) is 11.3 Å². The topological polar surface area (TPSA) is 41.9 Å². The third-order valence-corrected chi connectivity index (χ3v) is 2.82. The first-order chi connectivity index (χ1) is 8.83. The van der Waals surface area contributed by atoms with Crippen molar-refractivity contribution in [2.24, 2.45) is 0 Å². The number of nitrogens with zero attached hydrogens (tertiary/aromatic N) is 1. The average Bonchev–Trinajstić information content (AvgIpc) is 2.40. The van der Waals surface area contributed by atoms with Gasteiger partial charge in [-0.3, -0.25) is 5.21 Å². The Bertz CT molecular complexity index is 548. The van der Waals surface area contributed by atoms with Gasteiger partial charge < -0.3 is 4.74 Å². The fourth-order valence-electron chi connectivity index (χ4n) is 1.95. The normalized spacial score (nSPS) is 13.4. The molecular formula is C14H13BNO3. The van der Waals surface area contributed by atoms with Crippen LogP contribution in [0.15, 0.2) is 48.5 Å². The Morgan fingerprint density at radius 2 is 1.84 bits per heavy atom. The predicted molar refractivity (Wildman–Crippen MR) is 72.6 cm³/mol. The fourth-order valence-corrected chi connectivity index (χ4v) is 1.95. The number of rotatable bonds is 2. The average molecular weight is 254 g/mol. The minimum atomic E-state index is 0. The number of hydrogen-bond donors (Lipinski definition) is 1. The van der Waals surface area contributed by atoms with Crippen LogP contribution in [0.25, 0.3) is 0 Å². The van der Waals surface area contributed by atoms with Gasteiger partial charge in [-0.25, -0.2) is 4.84 Å². The largest absolute Gasteiger partial charge is 0.457 e. The molecule has 95 valence electrons. The molecule has 19 heavy (non-hydrogen) atoms. The molecule has 0 fully saturated rings. The number of fused-ring (bicyclic) bond motifs is 1. The van der Waals surface area contributed by atoms with E-state index in [0.29, 0.717) is 12.3 Å². The molecule has 1 aliphatic heterocycles. The van der Waals surface area contributed by atoms with Gasteiger partial charge in [0.2, 0.25) is 0 Å². The van der Waals surface area contributed by atoms with Crippen LogP contribution in [0.1, 0.15) is 5.56 Å². The summed E-state index contributed by atoms with van der Waals surface area (Å²) in [4.78, 5) is 5.01. The lowest BCUT2D eigenvalue weighted by atomic mass is 10.1. The van der Waals surface area contributed by atoms with Crippen molar-refractivity contribution < 1.29 is 14.8 Å². The quantitative estimate of drug-likeness (QED) is 0.836. The molecule has 0 amide bonds. The smallest absolute Gasteiger partial charge is 0.127 e. The highest BCUT2D eigenvalue weighted by Crippen LogP contribution is 2.30. The maximum atomic E-state index is 9.51. The van der Waals surface area contributed by atoms with Gasteiger partial charge in [0.1, 0.15) is 11.5 Å². The second-order valence-electron chi connectivity index (χ2n) is 4.06. The van der Waals surface area contributed by atoms with E-state index in [1.54, 1.807) is 6.07 Å². The molecular weight excluding hydrogens is 241 g/mol. The third kappa shape index (κ3) is 2.89. The highest BCUT2D eigenvalue weighted by molar-refractivity contribution is 5.75. The second-order valence-corrected chi connectivity index (χ2v) is 4.06. The fraction of sp³-hybridized carbons (Fsp3) is 0.143. The molecule has 0 aliphatic carbocycles. The third-order valence-electron chi connectivity index (χ3n) is 2.82. The molecule has 0 atom stereocenters. The summed E-state index contributed by atoms with van der Waals surface area (Å²) in [6, 6.07) is 15.1. The lowest BCUT2D eigenvalue weighted by Crippen LogP contribution is -2.26. The van der Waals surface area contributed by atoms with Crippen molar-refractivity contribution in [2.45, 2.75) is 6.42 Å². The van der Waals surface area contributed by atoms with Crippen molar-refractivity contribution in [3.8, 4) is 11.5 Å². The molecule has 0 saturated carbocycles. The number of ether oxygens (including phenoxy) is 1. The number of para-hydroxylation sites is 1. The zero-order valence-corrected chi connectivity index (χ0v) is 10.3. The van der Waals surface area contributed by atoms with E-state index in [1.165, 1.54) is 0 Å². The van der Waals surface area contributed by atoms with Crippen molar-refractivity contribution >= 4 is 14.1 Å². The highest BCUT2D eigenvalue weighted by Gasteiger charge is 2.16. The Hall–Kier alpha value is -1.98. The monoisotopic (exact) mass is 254 g/mol.